The Morgan fingerprint density at radius 1 is 1.07 bits per heavy atom. The summed E-state index contributed by atoms with van der Waals surface area (Å²) < 4.78 is 26.2. The molecule has 0 bridgehead atoms. The normalized spacial score (nSPS) is 22.7. The highest BCUT2D eigenvalue weighted by molar-refractivity contribution is 6.31. The maximum absolute atomic E-state index is 16.0. The molecule has 3 N–H and O–H groups in total. The van der Waals surface area contributed by atoms with Crippen LogP contribution < -0.4 is 20.7 Å². The van der Waals surface area contributed by atoms with Gasteiger partial charge in [0.05, 0.1) is 36.5 Å². The monoisotopic (exact) mass is 627 g/mol. The van der Waals surface area contributed by atoms with E-state index in [1.807, 2.05) is 20.8 Å². The molecule has 1 fully saturated rings. The van der Waals surface area contributed by atoms with Crippen LogP contribution in [0.4, 0.5) is 15.8 Å². The summed E-state index contributed by atoms with van der Waals surface area (Å²) in [6.07, 6.45) is 0.474. The lowest BCUT2D eigenvalue weighted by molar-refractivity contribution is -0.122. The van der Waals surface area contributed by atoms with Crippen molar-refractivity contribution in [3.8, 4) is 5.75 Å². The first kappa shape index (κ1) is 30.8. The number of carbonyl (C=O) groups excluding carboxylic acids is 3. The van der Waals surface area contributed by atoms with Crippen molar-refractivity contribution in [2.45, 2.75) is 50.6 Å². The first-order chi connectivity index (χ1) is 20.3. The standard InChI is InChI=1S/C32H32Cl2FN3O5/c1-31(2,3)15-24-32(19-11-10-17(33)14-22(19)37-30(32)41)25(18-7-6-8-20(34)26(18)35)27(38-24)28(39)36-21-12-9-16(29(40)43-5)13-23(21)42-4/h6-14,24-25,27,38H,15H2,1-5H3,(H,36,39)(H,37,41)/t24-,25+,27-,32+/m1/s1. The van der Waals surface area contributed by atoms with Gasteiger partial charge >= 0.3 is 5.97 Å². The Hall–Kier alpha value is -3.66. The lowest BCUT2D eigenvalue weighted by Crippen LogP contribution is -2.49. The fourth-order valence-electron chi connectivity index (χ4n) is 6.40. The van der Waals surface area contributed by atoms with Gasteiger partial charge in [0.25, 0.3) is 0 Å². The number of esters is 1. The van der Waals surface area contributed by atoms with Gasteiger partial charge < -0.3 is 25.4 Å². The van der Waals surface area contributed by atoms with Crippen molar-refractivity contribution < 1.29 is 28.2 Å². The third-order valence-electron chi connectivity index (χ3n) is 8.10. The Kier molecular flexibility index (Phi) is 8.19. The molecule has 11 heteroatoms. The number of nitrogens with one attached hydrogen (secondary N) is 3. The Bertz CT molecular complexity index is 1620. The molecule has 43 heavy (non-hydrogen) atoms. The highest BCUT2D eigenvalue weighted by atomic mass is 35.5. The molecule has 2 aliphatic rings. The van der Waals surface area contributed by atoms with E-state index in [0.29, 0.717) is 22.7 Å². The lowest BCUT2D eigenvalue weighted by Gasteiger charge is -2.37. The molecule has 0 saturated carbocycles. The van der Waals surface area contributed by atoms with Crippen molar-refractivity contribution in [2.75, 3.05) is 24.9 Å². The fraction of sp³-hybridized carbons (Fsp3) is 0.344. The van der Waals surface area contributed by atoms with E-state index in [0.717, 1.165) is 0 Å². The zero-order valence-electron chi connectivity index (χ0n) is 24.3. The minimum atomic E-state index is -1.39. The highest BCUT2D eigenvalue weighted by Crippen LogP contribution is 2.57. The van der Waals surface area contributed by atoms with Crippen LogP contribution in [0.5, 0.6) is 5.75 Å². The number of methoxy groups -OCH3 is 2. The summed E-state index contributed by atoms with van der Waals surface area (Å²) >= 11 is 12.6. The SMILES string of the molecule is COC(=O)c1ccc(NC(=O)[C@@H]2N[C@H](CC(C)(C)C)[C@]3(C(=O)Nc4cc(Cl)ccc43)[C@H]2c2cccc(Cl)c2F)c(OC)c1. The lowest BCUT2D eigenvalue weighted by atomic mass is 9.62. The van der Waals surface area contributed by atoms with Crippen molar-refractivity contribution >= 4 is 52.4 Å². The van der Waals surface area contributed by atoms with Gasteiger partial charge in [-0.3, -0.25) is 9.59 Å². The van der Waals surface area contributed by atoms with E-state index in [2.05, 4.69) is 16.0 Å². The van der Waals surface area contributed by atoms with Crippen LogP contribution in [0.15, 0.2) is 54.6 Å². The molecule has 3 aromatic rings. The zero-order chi connectivity index (χ0) is 31.3. The highest BCUT2D eigenvalue weighted by Gasteiger charge is 2.66. The van der Waals surface area contributed by atoms with E-state index >= 15 is 4.39 Å². The smallest absolute Gasteiger partial charge is 0.337 e. The quantitative estimate of drug-likeness (QED) is 0.276. The van der Waals surface area contributed by atoms with E-state index in [9.17, 15) is 14.4 Å². The number of carbonyl (C=O) groups is 3. The third kappa shape index (κ3) is 5.34. The Morgan fingerprint density at radius 2 is 1.81 bits per heavy atom. The Balaban J connectivity index is 1.68. The van der Waals surface area contributed by atoms with E-state index < -0.39 is 41.1 Å². The average molecular weight is 629 g/mol. The van der Waals surface area contributed by atoms with Crippen LogP contribution in [0, 0.1) is 11.2 Å². The molecule has 0 aromatic heterocycles. The minimum absolute atomic E-state index is 0.124. The number of ether oxygens (including phenoxy) is 2. The molecule has 2 heterocycles. The summed E-state index contributed by atoms with van der Waals surface area (Å²) in [6.45, 7) is 6.11. The molecule has 3 aromatic carbocycles. The second kappa shape index (κ2) is 11.4. The topological polar surface area (TPSA) is 106 Å². The van der Waals surface area contributed by atoms with Gasteiger partial charge in [-0.25, -0.2) is 9.18 Å². The van der Waals surface area contributed by atoms with Crippen LogP contribution in [-0.2, 0) is 19.7 Å². The van der Waals surface area contributed by atoms with Crippen molar-refractivity contribution in [2.24, 2.45) is 5.41 Å². The number of hydrogen-bond donors (Lipinski definition) is 3. The predicted molar refractivity (Wildman–Crippen MR) is 164 cm³/mol. The first-order valence-electron chi connectivity index (χ1n) is 13.7. The van der Waals surface area contributed by atoms with Gasteiger partial charge in [-0.2, -0.15) is 0 Å². The fourth-order valence-corrected chi connectivity index (χ4v) is 6.76. The second-order valence-electron chi connectivity index (χ2n) is 12.0. The number of anilines is 2. The zero-order valence-corrected chi connectivity index (χ0v) is 25.8. The minimum Gasteiger partial charge on any atom is -0.495 e. The van der Waals surface area contributed by atoms with Crippen LogP contribution in [0.25, 0.3) is 0 Å². The summed E-state index contributed by atoms with van der Waals surface area (Å²) in [7, 11) is 2.67. The number of amides is 2. The third-order valence-corrected chi connectivity index (χ3v) is 8.63. The van der Waals surface area contributed by atoms with Crippen molar-refractivity contribution in [1.82, 2.24) is 5.32 Å². The number of rotatable bonds is 6. The second-order valence-corrected chi connectivity index (χ2v) is 12.8. The largest absolute Gasteiger partial charge is 0.495 e. The molecular formula is C32H32Cl2FN3O5. The maximum Gasteiger partial charge on any atom is 0.337 e. The molecule has 0 aliphatic carbocycles. The molecule has 2 aliphatic heterocycles. The maximum atomic E-state index is 16.0. The van der Waals surface area contributed by atoms with Crippen molar-refractivity contribution in [3.05, 3.63) is 87.2 Å². The van der Waals surface area contributed by atoms with Crippen molar-refractivity contribution in [3.63, 3.8) is 0 Å². The van der Waals surface area contributed by atoms with E-state index in [1.54, 1.807) is 30.3 Å². The van der Waals surface area contributed by atoms with Crippen LogP contribution in [0.2, 0.25) is 10.0 Å². The molecule has 8 nitrogen and oxygen atoms in total. The predicted octanol–water partition coefficient (Wildman–Crippen LogP) is 6.32. The van der Waals surface area contributed by atoms with Gasteiger partial charge in [0.2, 0.25) is 11.8 Å². The Morgan fingerprint density at radius 3 is 2.49 bits per heavy atom. The molecule has 4 atom stereocenters. The van der Waals surface area contributed by atoms with Gasteiger partial charge in [0.1, 0.15) is 17.0 Å². The molecule has 0 radical (unpaired) electrons. The number of fused-ring (bicyclic) bond motifs is 2. The summed E-state index contributed by atoms with van der Waals surface area (Å²) in [4.78, 5) is 40.5. The van der Waals surface area contributed by atoms with E-state index in [4.69, 9.17) is 32.7 Å². The molecule has 0 unspecified atom stereocenters. The van der Waals surface area contributed by atoms with Gasteiger partial charge in [-0.1, -0.05) is 62.2 Å². The average Bonchev–Trinajstić information content (AvgIpc) is 3.43. The molecule has 5 rings (SSSR count). The summed E-state index contributed by atoms with van der Waals surface area (Å²) in [6, 6.07) is 12.5. The van der Waals surface area contributed by atoms with E-state index in [1.165, 1.54) is 38.5 Å². The first-order valence-corrected chi connectivity index (χ1v) is 14.5. The summed E-state index contributed by atoms with van der Waals surface area (Å²) in [5, 5.41) is 9.56. The van der Waals surface area contributed by atoms with Crippen LogP contribution in [0.3, 0.4) is 0 Å². The molecule has 1 saturated heterocycles. The van der Waals surface area contributed by atoms with Crippen LogP contribution >= 0.6 is 23.2 Å². The summed E-state index contributed by atoms with van der Waals surface area (Å²) in [5.41, 5.74) is 0.0914. The molecule has 226 valence electrons. The van der Waals surface area contributed by atoms with Crippen LogP contribution in [0.1, 0.15) is 54.6 Å². The van der Waals surface area contributed by atoms with E-state index in [-0.39, 0.29) is 38.9 Å². The molecule has 1 spiro atoms. The van der Waals surface area contributed by atoms with Gasteiger partial charge in [-0.15, -0.1) is 0 Å². The van der Waals surface area contributed by atoms with Crippen molar-refractivity contribution in [1.29, 1.82) is 0 Å². The van der Waals surface area contributed by atoms with Gasteiger partial charge in [0.15, 0.2) is 0 Å². The van der Waals surface area contributed by atoms with Crippen LogP contribution in [-0.4, -0.2) is 44.1 Å². The number of halogens is 3. The van der Waals surface area contributed by atoms with Gasteiger partial charge in [-0.05, 0) is 59.4 Å². The van der Waals surface area contributed by atoms with Gasteiger partial charge in [0, 0.05) is 22.7 Å². The Labute approximate surface area is 259 Å². The number of benzene rings is 3. The summed E-state index contributed by atoms with van der Waals surface area (Å²) in [5.74, 6) is -2.96. The molecular weight excluding hydrogens is 596 g/mol. The molecule has 2 amide bonds. The number of hydrogen-bond acceptors (Lipinski definition) is 6.